The normalized spacial score (nSPS) is 25.0. The third-order valence-corrected chi connectivity index (χ3v) is 6.87. The number of hydrogen-bond donors (Lipinski definition) is 0. The maximum Gasteiger partial charge on any atom is 0.243 e. The second-order valence-electron chi connectivity index (χ2n) is 6.67. The van der Waals surface area contributed by atoms with Gasteiger partial charge in [0.25, 0.3) is 0 Å². The molecule has 5 nitrogen and oxygen atoms in total. The molecule has 2 aliphatic heterocycles. The summed E-state index contributed by atoms with van der Waals surface area (Å²) in [5, 5.41) is 0. The number of benzene rings is 1. The highest BCUT2D eigenvalue weighted by molar-refractivity contribution is 7.89. The second kappa shape index (κ2) is 6.27. The Hall–Kier alpha value is -1.76. The zero-order chi connectivity index (χ0) is 16.6. The molecule has 1 aromatic heterocycles. The number of likely N-dealkylation sites (tertiary alicyclic amines) is 1. The first-order chi connectivity index (χ1) is 11.6. The molecule has 2 saturated heterocycles. The number of fused-ring (bicyclic) bond motifs is 1. The highest BCUT2D eigenvalue weighted by atomic mass is 32.2. The van der Waals surface area contributed by atoms with Crippen LogP contribution in [0.1, 0.15) is 5.69 Å². The molecule has 0 spiro atoms. The van der Waals surface area contributed by atoms with Gasteiger partial charge in [0.2, 0.25) is 10.0 Å². The van der Waals surface area contributed by atoms with Crippen molar-refractivity contribution < 1.29 is 8.42 Å². The fourth-order valence-electron chi connectivity index (χ4n) is 3.83. The Balaban J connectivity index is 1.41. The number of aromatic nitrogens is 1. The van der Waals surface area contributed by atoms with Crippen LogP contribution in [-0.4, -0.2) is 48.8 Å². The van der Waals surface area contributed by atoms with Gasteiger partial charge in [-0.25, -0.2) is 8.42 Å². The van der Waals surface area contributed by atoms with Crippen molar-refractivity contribution >= 4 is 10.0 Å². The Morgan fingerprint density at radius 1 is 0.917 bits per heavy atom. The van der Waals surface area contributed by atoms with Gasteiger partial charge in [-0.1, -0.05) is 24.3 Å². The van der Waals surface area contributed by atoms with Gasteiger partial charge in [-0.15, -0.1) is 0 Å². The number of rotatable bonds is 4. The van der Waals surface area contributed by atoms with Crippen LogP contribution < -0.4 is 0 Å². The van der Waals surface area contributed by atoms with Gasteiger partial charge in [-0.2, -0.15) is 4.31 Å². The average molecular weight is 343 g/mol. The molecule has 0 aliphatic carbocycles. The Kier molecular flexibility index (Phi) is 4.12. The first-order valence-corrected chi connectivity index (χ1v) is 9.74. The lowest BCUT2D eigenvalue weighted by atomic mass is 10.0. The number of hydrogen-bond acceptors (Lipinski definition) is 4. The first kappa shape index (κ1) is 15.7. The fraction of sp³-hybridized carbons (Fsp3) is 0.389. The quantitative estimate of drug-likeness (QED) is 0.850. The lowest BCUT2D eigenvalue weighted by Crippen LogP contribution is -2.33. The van der Waals surface area contributed by atoms with Crippen LogP contribution in [0, 0.1) is 11.8 Å². The van der Waals surface area contributed by atoms with Gasteiger partial charge < -0.3 is 0 Å². The maximum atomic E-state index is 12.7. The molecule has 2 atom stereocenters. The molecule has 3 heterocycles. The molecule has 0 radical (unpaired) electrons. The van der Waals surface area contributed by atoms with Crippen LogP contribution in [0.3, 0.4) is 0 Å². The van der Waals surface area contributed by atoms with Crippen molar-refractivity contribution in [2.45, 2.75) is 11.4 Å². The molecular weight excluding hydrogens is 322 g/mol. The van der Waals surface area contributed by atoms with Crippen molar-refractivity contribution in [1.29, 1.82) is 0 Å². The monoisotopic (exact) mass is 343 g/mol. The number of pyridine rings is 1. The molecule has 0 amide bonds. The molecule has 2 fully saturated rings. The zero-order valence-electron chi connectivity index (χ0n) is 13.5. The largest absolute Gasteiger partial charge is 0.297 e. The van der Waals surface area contributed by atoms with E-state index < -0.39 is 10.0 Å². The van der Waals surface area contributed by atoms with Gasteiger partial charge in [0.15, 0.2) is 0 Å². The molecule has 1 aromatic carbocycles. The van der Waals surface area contributed by atoms with Crippen LogP contribution in [0.25, 0.3) is 0 Å². The summed E-state index contributed by atoms with van der Waals surface area (Å²) < 4.78 is 27.1. The number of sulfonamides is 1. The third-order valence-electron chi connectivity index (χ3n) is 5.02. The molecule has 2 aromatic rings. The predicted octanol–water partition coefficient (Wildman–Crippen LogP) is 1.83. The molecule has 126 valence electrons. The van der Waals surface area contributed by atoms with Crippen molar-refractivity contribution in [3.63, 3.8) is 0 Å². The molecule has 0 bridgehead atoms. The number of nitrogens with zero attached hydrogens (tertiary/aromatic N) is 3. The van der Waals surface area contributed by atoms with Crippen LogP contribution in [-0.2, 0) is 16.6 Å². The standard InChI is InChI=1S/C18H21N3O2S/c22-24(23,18-7-2-1-3-8-18)21-12-15-10-20(11-16(15)13-21)14-17-6-4-5-9-19-17/h1-9,15-16H,10-14H2. The second-order valence-corrected chi connectivity index (χ2v) is 8.61. The van der Waals surface area contributed by atoms with E-state index in [-0.39, 0.29) is 0 Å². The lowest BCUT2D eigenvalue weighted by molar-refractivity contribution is 0.286. The van der Waals surface area contributed by atoms with Gasteiger partial charge in [0.05, 0.1) is 10.6 Å². The first-order valence-electron chi connectivity index (χ1n) is 8.30. The van der Waals surface area contributed by atoms with Gasteiger partial charge >= 0.3 is 0 Å². The van der Waals surface area contributed by atoms with Gasteiger partial charge in [0, 0.05) is 38.9 Å². The van der Waals surface area contributed by atoms with Crippen molar-refractivity contribution in [1.82, 2.24) is 14.2 Å². The highest BCUT2D eigenvalue weighted by Crippen LogP contribution is 2.34. The maximum absolute atomic E-state index is 12.7. The molecular formula is C18H21N3O2S. The van der Waals surface area contributed by atoms with Crippen molar-refractivity contribution in [2.24, 2.45) is 11.8 Å². The summed E-state index contributed by atoms with van der Waals surface area (Å²) in [6.45, 7) is 3.99. The van der Waals surface area contributed by atoms with Crippen LogP contribution in [0.2, 0.25) is 0 Å². The molecule has 6 heteroatoms. The smallest absolute Gasteiger partial charge is 0.243 e. The summed E-state index contributed by atoms with van der Waals surface area (Å²) in [5.41, 5.74) is 1.08. The SMILES string of the molecule is O=S(=O)(c1ccccc1)N1CC2CN(Cc3ccccn3)CC2C1. The van der Waals surface area contributed by atoms with Crippen molar-refractivity contribution in [3.8, 4) is 0 Å². The molecule has 0 saturated carbocycles. The summed E-state index contributed by atoms with van der Waals surface area (Å²) in [6, 6.07) is 14.7. The van der Waals surface area contributed by atoms with E-state index in [1.807, 2.05) is 30.5 Å². The summed E-state index contributed by atoms with van der Waals surface area (Å²) in [4.78, 5) is 7.17. The molecule has 24 heavy (non-hydrogen) atoms. The molecule has 4 rings (SSSR count). The average Bonchev–Trinajstić information content (AvgIpc) is 3.15. The van der Waals surface area contributed by atoms with Gasteiger partial charge in [-0.3, -0.25) is 9.88 Å². The van der Waals surface area contributed by atoms with Gasteiger partial charge in [-0.05, 0) is 36.1 Å². The Morgan fingerprint density at radius 2 is 1.58 bits per heavy atom. The van der Waals surface area contributed by atoms with E-state index in [1.165, 1.54) is 0 Å². The summed E-state index contributed by atoms with van der Waals surface area (Å²) in [5.74, 6) is 0.847. The minimum atomic E-state index is -3.35. The Labute approximate surface area is 143 Å². The van der Waals surface area contributed by atoms with E-state index in [0.717, 1.165) is 25.3 Å². The van der Waals surface area contributed by atoms with E-state index in [4.69, 9.17) is 0 Å². The minimum absolute atomic E-state index is 0.398. The van der Waals surface area contributed by atoms with E-state index in [1.54, 1.807) is 28.6 Å². The Bertz CT molecular complexity index is 782. The topological polar surface area (TPSA) is 53.5 Å². The van der Waals surface area contributed by atoms with Gasteiger partial charge in [0.1, 0.15) is 0 Å². The van der Waals surface area contributed by atoms with E-state index in [2.05, 4.69) is 9.88 Å². The van der Waals surface area contributed by atoms with Crippen LogP contribution in [0.15, 0.2) is 59.6 Å². The van der Waals surface area contributed by atoms with E-state index in [9.17, 15) is 8.42 Å². The third kappa shape index (κ3) is 2.97. The van der Waals surface area contributed by atoms with Crippen molar-refractivity contribution in [2.75, 3.05) is 26.2 Å². The van der Waals surface area contributed by atoms with Crippen LogP contribution in [0.4, 0.5) is 0 Å². The van der Waals surface area contributed by atoms with Crippen molar-refractivity contribution in [3.05, 3.63) is 60.4 Å². The molecule has 2 unspecified atom stereocenters. The summed E-state index contributed by atoms with van der Waals surface area (Å²) in [7, 11) is -3.35. The lowest BCUT2D eigenvalue weighted by Gasteiger charge is -2.21. The summed E-state index contributed by atoms with van der Waals surface area (Å²) >= 11 is 0. The zero-order valence-corrected chi connectivity index (χ0v) is 14.3. The predicted molar refractivity (Wildman–Crippen MR) is 91.7 cm³/mol. The van der Waals surface area contributed by atoms with E-state index >= 15 is 0 Å². The molecule has 0 N–H and O–H groups in total. The minimum Gasteiger partial charge on any atom is -0.297 e. The van der Waals surface area contributed by atoms with E-state index in [0.29, 0.717) is 29.8 Å². The highest BCUT2D eigenvalue weighted by Gasteiger charge is 2.44. The molecule has 2 aliphatic rings. The van der Waals surface area contributed by atoms with Crippen LogP contribution in [0.5, 0.6) is 0 Å². The van der Waals surface area contributed by atoms with Crippen LogP contribution >= 0.6 is 0 Å². The Morgan fingerprint density at radius 3 is 2.21 bits per heavy atom. The fourth-order valence-corrected chi connectivity index (χ4v) is 5.41. The summed E-state index contributed by atoms with van der Waals surface area (Å²) in [6.07, 6.45) is 1.82.